The fourth-order valence-electron chi connectivity index (χ4n) is 2.57. The predicted octanol–water partition coefficient (Wildman–Crippen LogP) is 1.99. The second-order valence-electron chi connectivity index (χ2n) is 4.94. The summed E-state index contributed by atoms with van der Waals surface area (Å²) in [6.07, 6.45) is 3.48. The maximum absolute atomic E-state index is 12.5. The van der Waals surface area contributed by atoms with Gasteiger partial charge in [-0.05, 0) is 26.7 Å². The summed E-state index contributed by atoms with van der Waals surface area (Å²) in [5.74, 6) is 0.771. The first-order chi connectivity index (χ1) is 9.16. The second kappa shape index (κ2) is 4.53. The lowest BCUT2D eigenvalue weighted by atomic mass is 10.1. The molecule has 6 nitrogen and oxygen atoms in total. The van der Waals surface area contributed by atoms with Gasteiger partial charge in [0, 0.05) is 18.3 Å². The van der Waals surface area contributed by atoms with E-state index in [-0.39, 0.29) is 11.9 Å². The highest BCUT2D eigenvalue weighted by Gasteiger charge is 2.34. The molecule has 1 fully saturated rings. The number of aromatic nitrogens is 3. The largest absolute Gasteiger partial charge is 0.359 e. The van der Waals surface area contributed by atoms with Crippen molar-refractivity contribution < 1.29 is 9.32 Å². The molecule has 6 heteroatoms. The molecule has 0 spiro atoms. The molecule has 0 saturated carbocycles. The van der Waals surface area contributed by atoms with E-state index >= 15 is 0 Å². The molecule has 1 saturated heterocycles. The van der Waals surface area contributed by atoms with Crippen LogP contribution in [-0.2, 0) is 0 Å². The van der Waals surface area contributed by atoms with Gasteiger partial charge < -0.3 is 9.42 Å². The zero-order chi connectivity index (χ0) is 13.4. The number of hydrogen-bond acceptors (Lipinski definition) is 4. The summed E-state index contributed by atoms with van der Waals surface area (Å²) in [5.41, 5.74) is 2.27. The van der Waals surface area contributed by atoms with Gasteiger partial charge in [0.2, 0.25) is 0 Å². The van der Waals surface area contributed by atoms with Crippen LogP contribution in [0, 0.1) is 13.8 Å². The van der Waals surface area contributed by atoms with Crippen molar-refractivity contribution in [1.82, 2.24) is 20.3 Å². The van der Waals surface area contributed by atoms with Gasteiger partial charge in [-0.1, -0.05) is 5.16 Å². The van der Waals surface area contributed by atoms with Gasteiger partial charge in [-0.15, -0.1) is 0 Å². The van der Waals surface area contributed by atoms with Crippen LogP contribution in [0.4, 0.5) is 0 Å². The number of carbonyl (C=O) groups is 1. The Morgan fingerprint density at radius 3 is 3.00 bits per heavy atom. The molecule has 3 heterocycles. The van der Waals surface area contributed by atoms with Crippen LogP contribution in [0.2, 0.25) is 0 Å². The summed E-state index contributed by atoms with van der Waals surface area (Å²) in [4.78, 5) is 14.4. The zero-order valence-corrected chi connectivity index (χ0v) is 11.0. The average molecular weight is 260 g/mol. The number of amides is 1. The van der Waals surface area contributed by atoms with Crippen molar-refractivity contribution in [3.8, 4) is 0 Å². The average Bonchev–Trinajstić information content (AvgIpc) is 3.07. The van der Waals surface area contributed by atoms with E-state index in [0.717, 1.165) is 36.5 Å². The van der Waals surface area contributed by atoms with Crippen LogP contribution in [0.15, 0.2) is 16.8 Å². The van der Waals surface area contributed by atoms with Crippen LogP contribution in [-0.4, -0.2) is 32.7 Å². The van der Waals surface area contributed by atoms with Crippen molar-refractivity contribution in [3.63, 3.8) is 0 Å². The van der Waals surface area contributed by atoms with E-state index in [9.17, 15) is 4.79 Å². The number of hydrogen-bond donors (Lipinski definition) is 1. The number of carbonyl (C=O) groups excluding carboxylic acids is 1. The molecule has 1 aliphatic rings. The molecular weight excluding hydrogens is 244 g/mol. The predicted molar refractivity (Wildman–Crippen MR) is 67.6 cm³/mol. The monoisotopic (exact) mass is 260 g/mol. The first-order valence-electron chi connectivity index (χ1n) is 6.41. The van der Waals surface area contributed by atoms with E-state index in [2.05, 4.69) is 15.4 Å². The Kier molecular flexibility index (Phi) is 2.85. The fraction of sp³-hybridized carbons (Fsp3) is 0.462. The van der Waals surface area contributed by atoms with Crippen molar-refractivity contribution in [2.75, 3.05) is 6.54 Å². The summed E-state index contributed by atoms with van der Waals surface area (Å²) in [5, 5.41) is 10.6. The number of nitrogens with one attached hydrogen (secondary N) is 1. The zero-order valence-electron chi connectivity index (χ0n) is 11.0. The van der Waals surface area contributed by atoms with E-state index < -0.39 is 0 Å². The van der Waals surface area contributed by atoms with Gasteiger partial charge in [-0.2, -0.15) is 5.10 Å². The molecule has 19 heavy (non-hydrogen) atoms. The molecule has 2 aromatic heterocycles. The highest BCUT2D eigenvalue weighted by atomic mass is 16.5. The van der Waals surface area contributed by atoms with Crippen molar-refractivity contribution in [3.05, 3.63) is 35.0 Å². The Labute approximate surface area is 110 Å². The lowest BCUT2D eigenvalue weighted by Crippen LogP contribution is -2.30. The van der Waals surface area contributed by atoms with Crippen molar-refractivity contribution in [1.29, 1.82) is 0 Å². The standard InChI is InChI=1S/C13H16N4O2/c1-8-6-12(19-16-8)11-4-3-5-17(11)13(18)10-7-14-15-9(10)2/h6-7,11H,3-5H2,1-2H3,(H,14,15). The molecule has 100 valence electrons. The normalized spacial score (nSPS) is 19.1. The van der Waals surface area contributed by atoms with E-state index in [1.165, 1.54) is 0 Å². The fourth-order valence-corrected chi connectivity index (χ4v) is 2.57. The van der Waals surface area contributed by atoms with Gasteiger partial charge in [-0.3, -0.25) is 9.89 Å². The molecule has 1 aliphatic heterocycles. The van der Waals surface area contributed by atoms with Crippen molar-refractivity contribution in [2.24, 2.45) is 0 Å². The first-order valence-corrected chi connectivity index (χ1v) is 6.41. The molecule has 1 amide bonds. The minimum atomic E-state index is -0.0111. The Balaban J connectivity index is 1.88. The van der Waals surface area contributed by atoms with E-state index in [1.54, 1.807) is 6.20 Å². The minimum Gasteiger partial charge on any atom is -0.359 e. The SMILES string of the molecule is Cc1cc(C2CCCN2C(=O)c2cn[nH]c2C)on1. The van der Waals surface area contributed by atoms with Crippen LogP contribution in [0.3, 0.4) is 0 Å². The molecule has 0 aromatic carbocycles. The summed E-state index contributed by atoms with van der Waals surface area (Å²) in [6, 6.07) is 1.89. The minimum absolute atomic E-state index is 0.00260. The number of aryl methyl sites for hydroxylation is 2. The lowest BCUT2D eigenvalue weighted by Gasteiger charge is -2.22. The number of likely N-dealkylation sites (tertiary alicyclic amines) is 1. The quantitative estimate of drug-likeness (QED) is 0.896. The molecular formula is C13H16N4O2. The smallest absolute Gasteiger partial charge is 0.257 e. The molecule has 2 aromatic rings. The van der Waals surface area contributed by atoms with Gasteiger partial charge in [0.25, 0.3) is 5.91 Å². The summed E-state index contributed by atoms with van der Waals surface area (Å²) in [7, 11) is 0. The van der Waals surface area contributed by atoms with E-state index in [1.807, 2.05) is 24.8 Å². The topological polar surface area (TPSA) is 75.0 Å². The number of H-pyrrole nitrogens is 1. The van der Waals surface area contributed by atoms with E-state index in [4.69, 9.17) is 4.52 Å². The third-order valence-corrected chi connectivity index (χ3v) is 3.55. The van der Waals surface area contributed by atoms with Gasteiger partial charge >= 0.3 is 0 Å². The van der Waals surface area contributed by atoms with Crippen molar-refractivity contribution in [2.45, 2.75) is 32.7 Å². The molecule has 0 aliphatic carbocycles. The van der Waals surface area contributed by atoms with Gasteiger partial charge in [0.1, 0.15) is 0 Å². The summed E-state index contributed by atoms with van der Waals surface area (Å²) >= 11 is 0. The van der Waals surface area contributed by atoms with E-state index in [0.29, 0.717) is 5.56 Å². The lowest BCUT2D eigenvalue weighted by molar-refractivity contribution is 0.0714. The van der Waals surface area contributed by atoms with Crippen LogP contribution in [0.5, 0.6) is 0 Å². The first kappa shape index (κ1) is 12.0. The molecule has 3 rings (SSSR count). The molecule has 0 bridgehead atoms. The van der Waals surface area contributed by atoms with Crippen LogP contribution in [0.1, 0.15) is 46.4 Å². The van der Waals surface area contributed by atoms with Crippen LogP contribution < -0.4 is 0 Å². The van der Waals surface area contributed by atoms with Crippen LogP contribution in [0.25, 0.3) is 0 Å². The Morgan fingerprint density at radius 1 is 1.53 bits per heavy atom. The Morgan fingerprint density at radius 2 is 2.37 bits per heavy atom. The highest BCUT2D eigenvalue weighted by Crippen LogP contribution is 2.33. The summed E-state index contributed by atoms with van der Waals surface area (Å²) < 4.78 is 5.31. The third-order valence-electron chi connectivity index (χ3n) is 3.55. The summed E-state index contributed by atoms with van der Waals surface area (Å²) in [6.45, 7) is 4.48. The third kappa shape index (κ3) is 2.03. The van der Waals surface area contributed by atoms with Crippen molar-refractivity contribution >= 4 is 5.91 Å². The maximum Gasteiger partial charge on any atom is 0.257 e. The molecule has 1 unspecified atom stereocenters. The molecule has 1 N–H and O–H groups in total. The number of nitrogens with zero attached hydrogens (tertiary/aromatic N) is 3. The number of rotatable bonds is 2. The molecule has 0 radical (unpaired) electrons. The van der Waals surface area contributed by atoms with Crippen LogP contribution >= 0.6 is 0 Å². The van der Waals surface area contributed by atoms with Gasteiger partial charge in [0.15, 0.2) is 5.76 Å². The number of aromatic amines is 1. The maximum atomic E-state index is 12.5. The molecule has 1 atom stereocenters. The van der Waals surface area contributed by atoms with Gasteiger partial charge in [0.05, 0.1) is 23.5 Å². The Hall–Kier alpha value is -2.11. The van der Waals surface area contributed by atoms with Gasteiger partial charge in [-0.25, -0.2) is 0 Å². The second-order valence-corrected chi connectivity index (χ2v) is 4.94. The Bertz CT molecular complexity index is 601. The highest BCUT2D eigenvalue weighted by molar-refractivity contribution is 5.95.